The van der Waals surface area contributed by atoms with Crippen molar-refractivity contribution in [3.63, 3.8) is 0 Å². The number of rotatable bonds is 6. The molecule has 3 rings (SSSR count). The number of benzene rings is 1. The molecule has 0 saturated heterocycles. The average molecular weight is 387 g/mol. The molecule has 3 aromatic rings. The van der Waals surface area contributed by atoms with Gasteiger partial charge in [0.1, 0.15) is 12.0 Å². The van der Waals surface area contributed by atoms with Gasteiger partial charge in [-0.1, -0.05) is 47.6 Å². The van der Waals surface area contributed by atoms with Crippen molar-refractivity contribution in [3.05, 3.63) is 70.3 Å². The molecule has 0 bridgehead atoms. The van der Waals surface area contributed by atoms with Crippen molar-refractivity contribution < 1.29 is 4.79 Å². The summed E-state index contributed by atoms with van der Waals surface area (Å²) in [5.74, 6) is -0.0180. The monoisotopic (exact) mass is 386 g/mol. The summed E-state index contributed by atoms with van der Waals surface area (Å²) in [5.41, 5.74) is 3.40. The van der Waals surface area contributed by atoms with Crippen molar-refractivity contribution in [2.75, 3.05) is 0 Å². The Bertz CT molecular complexity index is 941. The summed E-state index contributed by atoms with van der Waals surface area (Å²) < 4.78 is 1.89. The fourth-order valence-electron chi connectivity index (χ4n) is 2.53. The minimum absolute atomic E-state index is 0.0180. The van der Waals surface area contributed by atoms with Gasteiger partial charge >= 0.3 is 0 Å². The maximum Gasteiger partial charge on any atom is 0.191 e. The largest absolute Gasteiger partial charge is 0.312 e. The van der Waals surface area contributed by atoms with E-state index in [2.05, 4.69) is 34.2 Å². The van der Waals surface area contributed by atoms with E-state index in [-0.39, 0.29) is 11.0 Å². The topological polar surface area (TPSA) is 60.7 Å². The van der Waals surface area contributed by atoms with Gasteiger partial charge in [0.05, 0.1) is 5.02 Å². The number of Topliss-reactive ketones (excluding diaryl/α,β-unsaturated/α-hetero) is 1. The van der Waals surface area contributed by atoms with Crippen LogP contribution in [0.4, 0.5) is 0 Å². The number of pyridine rings is 1. The van der Waals surface area contributed by atoms with E-state index in [1.807, 2.05) is 30.7 Å². The second kappa shape index (κ2) is 8.01. The van der Waals surface area contributed by atoms with Crippen molar-refractivity contribution in [2.24, 2.45) is 7.05 Å². The minimum atomic E-state index is -0.0180. The molecule has 0 aliphatic carbocycles. The SMILES string of the molecule is Cc1cc(C(=O)Cc2cccc([C@H](C)Sc3nncn3C)c2)ncc1Cl. The zero-order valence-corrected chi connectivity index (χ0v) is 16.4. The summed E-state index contributed by atoms with van der Waals surface area (Å²) in [6, 6.07) is 9.80. The van der Waals surface area contributed by atoms with Crippen LogP contribution in [0.25, 0.3) is 0 Å². The van der Waals surface area contributed by atoms with Gasteiger partial charge in [0, 0.05) is 24.9 Å². The molecule has 26 heavy (non-hydrogen) atoms. The van der Waals surface area contributed by atoms with Gasteiger partial charge in [-0.25, -0.2) is 0 Å². The van der Waals surface area contributed by atoms with Crippen LogP contribution in [0.3, 0.4) is 0 Å². The number of ketones is 1. The number of hydrogen-bond acceptors (Lipinski definition) is 5. The van der Waals surface area contributed by atoms with E-state index >= 15 is 0 Å². The number of hydrogen-bond donors (Lipinski definition) is 0. The lowest BCUT2D eigenvalue weighted by molar-refractivity contribution is 0.0988. The fraction of sp³-hybridized carbons (Fsp3) is 0.263. The first-order chi connectivity index (χ1) is 12.4. The molecule has 0 aliphatic heterocycles. The lowest BCUT2D eigenvalue weighted by atomic mass is 10.0. The number of aromatic nitrogens is 4. The van der Waals surface area contributed by atoms with Gasteiger partial charge in [0.2, 0.25) is 0 Å². The average Bonchev–Trinajstić information content (AvgIpc) is 3.02. The standard InChI is InChI=1S/C19H19ClN4OS/c1-12-7-17(21-10-16(12)20)18(25)9-14-5-4-6-15(8-14)13(2)26-19-23-22-11-24(19)3/h4-8,10-11,13H,9H2,1-3H3/t13-/m0/s1. The van der Waals surface area contributed by atoms with Gasteiger partial charge in [-0.3, -0.25) is 9.78 Å². The minimum Gasteiger partial charge on any atom is -0.312 e. The van der Waals surface area contributed by atoms with Crippen LogP contribution in [0, 0.1) is 6.92 Å². The van der Waals surface area contributed by atoms with Gasteiger partial charge in [0.15, 0.2) is 10.9 Å². The summed E-state index contributed by atoms with van der Waals surface area (Å²) in [4.78, 5) is 16.7. The molecule has 0 spiro atoms. The molecule has 0 unspecified atom stereocenters. The molecule has 2 heterocycles. The zero-order chi connectivity index (χ0) is 18.7. The Morgan fingerprint density at radius 3 is 2.85 bits per heavy atom. The van der Waals surface area contributed by atoms with E-state index in [1.54, 1.807) is 24.2 Å². The third-order valence-electron chi connectivity index (χ3n) is 4.07. The smallest absolute Gasteiger partial charge is 0.191 e. The van der Waals surface area contributed by atoms with E-state index in [0.717, 1.165) is 21.8 Å². The summed E-state index contributed by atoms with van der Waals surface area (Å²) in [5, 5.41) is 9.64. The highest BCUT2D eigenvalue weighted by molar-refractivity contribution is 7.99. The second-order valence-corrected chi connectivity index (χ2v) is 7.86. The Labute approximate surface area is 161 Å². The van der Waals surface area contributed by atoms with Crippen LogP contribution in [0.15, 0.2) is 48.0 Å². The molecule has 1 atom stereocenters. The molecule has 2 aromatic heterocycles. The summed E-state index contributed by atoms with van der Waals surface area (Å²) in [7, 11) is 1.92. The first-order valence-electron chi connectivity index (χ1n) is 8.19. The highest BCUT2D eigenvalue weighted by Crippen LogP contribution is 2.33. The number of halogens is 1. The molecule has 1 aromatic carbocycles. The Kier molecular flexibility index (Phi) is 5.74. The molecule has 0 amide bonds. The van der Waals surface area contributed by atoms with Gasteiger partial charge < -0.3 is 4.57 Å². The molecule has 0 fully saturated rings. The number of carbonyl (C=O) groups is 1. The highest BCUT2D eigenvalue weighted by atomic mass is 35.5. The van der Waals surface area contributed by atoms with Crippen LogP contribution >= 0.6 is 23.4 Å². The molecule has 0 aliphatic rings. The fourth-order valence-corrected chi connectivity index (χ4v) is 3.54. The van der Waals surface area contributed by atoms with Gasteiger partial charge in [-0.05, 0) is 36.6 Å². The first kappa shape index (κ1) is 18.6. The Balaban J connectivity index is 1.73. The maximum absolute atomic E-state index is 12.5. The molecular weight excluding hydrogens is 368 g/mol. The Hall–Kier alpha value is -2.18. The van der Waals surface area contributed by atoms with Crippen molar-refractivity contribution >= 4 is 29.1 Å². The van der Waals surface area contributed by atoms with E-state index in [0.29, 0.717) is 17.1 Å². The van der Waals surface area contributed by atoms with Crippen molar-refractivity contribution in [1.82, 2.24) is 19.7 Å². The molecule has 0 radical (unpaired) electrons. The molecule has 0 N–H and O–H groups in total. The molecule has 134 valence electrons. The normalized spacial score (nSPS) is 12.2. The van der Waals surface area contributed by atoms with Crippen LogP contribution in [0.5, 0.6) is 0 Å². The quantitative estimate of drug-likeness (QED) is 0.462. The molecule has 5 nitrogen and oxygen atoms in total. The molecule has 0 saturated carbocycles. The number of carbonyl (C=O) groups excluding carboxylic acids is 1. The lowest BCUT2D eigenvalue weighted by Gasteiger charge is -2.12. The predicted molar refractivity (Wildman–Crippen MR) is 104 cm³/mol. The molecular formula is C19H19ClN4OS. The van der Waals surface area contributed by atoms with Crippen molar-refractivity contribution in [3.8, 4) is 0 Å². The Morgan fingerprint density at radius 2 is 2.15 bits per heavy atom. The number of thioether (sulfide) groups is 1. The summed E-state index contributed by atoms with van der Waals surface area (Å²) in [6.07, 6.45) is 3.52. The number of nitrogens with zero attached hydrogens (tertiary/aromatic N) is 4. The predicted octanol–water partition coefficient (Wildman–Crippen LogP) is 4.45. The second-order valence-electron chi connectivity index (χ2n) is 6.15. The molecule has 7 heteroatoms. The van der Waals surface area contributed by atoms with Crippen LogP contribution in [-0.4, -0.2) is 25.5 Å². The van der Waals surface area contributed by atoms with Crippen LogP contribution in [0.1, 0.15) is 39.4 Å². The van der Waals surface area contributed by atoms with E-state index in [1.165, 1.54) is 6.20 Å². The van der Waals surface area contributed by atoms with E-state index < -0.39 is 0 Å². The first-order valence-corrected chi connectivity index (χ1v) is 9.44. The van der Waals surface area contributed by atoms with Gasteiger partial charge in [-0.2, -0.15) is 0 Å². The van der Waals surface area contributed by atoms with Gasteiger partial charge in [0.25, 0.3) is 0 Å². The summed E-state index contributed by atoms with van der Waals surface area (Å²) in [6.45, 7) is 3.98. The summed E-state index contributed by atoms with van der Waals surface area (Å²) >= 11 is 7.62. The lowest BCUT2D eigenvalue weighted by Crippen LogP contribution is -2.07. The van der Waals surface area contributed by atoms with Crippen LogP contribution in [0.2, 0.25) is 5.02 Å². The van der Waals surface area contributed by atoms with Crippen molar-refractivity contribution in [1.29, 1.82) is 0 Å². The van der Waals surface area contributed by atoms with E-state index in [9.17, 15) is 4.79 Å². The maximum atomic E-state index is 12.5. The van der Waals surface area contributed by atoms with Crippen molar-refractivity contribution in [2.45, 2.75) is 30.7 Å². The van der Waals surface area contributed by atoms with Gasteiger partial charge in [-0.15, -0.1) is 10.2 Å². The zero-order valence-electron chi connectivity index (χ0n) is 14.8. The highest BCUT2D eigenvalue weighted by Gasteiger charge is 2.14. The third kappa shape index (κ3) is 4.31. The van der Waals surface area contributed by atoms with Crippen LogP contribution < -0.4 is 0 Å². The Morgan fingerprint density at radius 1 is 1.35 bits per heavy atom. The van der Waals surface area contributed by atoms with E-state index in [4.69, 9.17) is 11.6 Å². The number of aryl methyl sites for hydroxylation is 2. The van der Waals surface area contributed by atoms with Crippen LogP contribution in [-0.2, 0) is 13.5 Å². The third-order valence-corrected chi connectivity index (χ3v) is 5.67.